The van der Waals surface area contributed by atoms with Crippen molar-refractivity contribution in [1.29, 1.82) is 0 Å². The molecule has 0 saturated heterocycles. The molecule has 0 fully saturated rings. The van der Waals surface area contributed by atoms with Gasteiger partial charge in [0.25, 0.3) is 0 Å². The predicted molar refractivity (Wildman–Crippen MR) is 72.9 cm³/mol. The van der Waals surface area contributed by atoms with E-state index in [2.05, 4.69) is 21.0 Å². The molecule has 0 saturated carbocycles. The topological polar surface area (TPSA) is 27.1 Å². The highest BCUT2D eigenvalue weighted by Crippen LogP contribution is 2.41. The van der Waals surface area contributed by atoms with Crippen molar-refractivity contribution in [3.63, 3.8) is 0 Å². The summed E-state index contributed by atoms with van der Waals surface area (Å²) in [6.07, 6.45) is -4.62. The molecule has 0 N–H and O–H groups in total. The number of ether oxygens (including phenoxy) is 1. The van der Waals surface area contributed by atoms with Gasteiger partial charge in [-0.1, -0.05) is 11.6 Å². The second kappa shape index (κ2) is 5.49. The number of rotatable bonds is 2. The Balaban J connectivity index is 2.69. The summed E-state index contributed by atoms with van der Waals surface area (Å²) in [5.41, 5.74) is -1.34. The Bertz CT molecular complexity index is 700. The van der Waals surface area contributed by atoms with Crippen LogP contribution in [0.2, 0.25) is 5.02 Å². The van der Waals surface area contributed by atoms with E-state index in [-0.39, 0.29) is 26.5 Å². The van der Waals surface area contributed by atoms with Crippen LogP contribution in [0, 0.1) is 5.82 Å². The molecule has 0 unspecified atom stereocenters. The van der Waals surface area contributed by atoms with Gasteiger partial charge in [0.05, 0.1) is 16.6 Å². The molecule has 1 aromatic heterocycles. The quantitative estimate of drug-likeness (QED) is 0.700. The maximum absolute atomic E-state index is 14.0. The van der Waals surface area contributed by atoms with Crippen molar-refractivity contribution in [2.45, 2.75) is 6.18 Å². The number of aryl methyl sites for hydroxylation is 1. The third-order valence-electron chi connectivity index (χ3n) is 2.75. The third-order valence-corrected chi connectivity index (χ3v) is 3.80. The zero-order valence-electron chi connectivity index (χ0n) is 10.7. The van der Waals surface area contributed by atoms with Crippen LogP contribution >= 0.6 is 27.5 Å². The first-order chi connectivity index (χ1) is 9.66. The van der Waals surface area contributed by atoms with Gasteiger partial charge in [-0.3, -0.25) is 4.68 Å². The summed E-state index contributed by atoms with van der Waals surface area (Å²) in [4.78, 5) is 0. The van der Waals surface area contributed by atoms with E-state index in [1.165, 1.54) is 13.2 Å². The number of hydrogen-bond acceptors (Lipinski definition) is 2. The van der Waals surface area contributed by atoms with Crippen LogP contribution in [0.25, 0.3) is 11.3 Å². The van der Waals surface area contributed by atoms with Gasteiger partial charge in [0, 0.05) is 12.6 Å². The fourth-order valence-corrected chi connectivity index (χ4v) is 2.85. The normalized spacial score (nSPS) is 11.8. The number of aromatic nitrogens is 2. The predicted octanol–water partition coefficient (Wildman–Crippen LogP) is 4.67. The highest BCUT2D eigenvalue weighted by molar-refractivity contribution is 9.10. The molecule has 0 bridgehead atoms. The van der Waals surface area contributed by atoms with E-state index in [0.29, 0.717) is 4.68 Å². The average molecular weight is 388 g/mol. The second-order valence-corrected chi connectivity index (χ2v) is 5.30. The van der Waals surface area contributed by atoms with E-state index in [4.69, 9.17) is 16.3 Å². The number of hydrogen-bond donors (Lipinski definition) is 0. The SMILES string of the molecule is COc1cc(-c2nn(C)c(C(F)(F)F)c2Br)c(F)cc1Cl. The molecule has 0 aliphatic heterocycles. The molecule has 0 aliphatic carbocycles. The van der Waals surface area contributed by atoms with Crippen molar-refractivity contribution >= 4 is 27.5 Å². The lowest BCUT2D eigenvalue weighted by molar-refractivity contribution is -0.144. The molecule has 1 aromatic carbocycles. The smallest absolute Gasteiger partial charge is 0.434 e. The zero-order chi connectivity index (χ0) is 15.9. The number of nitrogens with zero attached hydrogens (tertiary/aromatic N) is 2. The summed E-state index contributed by atoms with van der Waals surface area (Å²) < 4.78 is 58.0. The fourth-order valence-electron chi connectivity index (χ4n) is 1.85. The molecule has 2 aromatic rings. The van der Waals surface area contributed by atoms with Gasteiger partial charge in [-0.05, 0) is 28.1 Å². The first-order valence-electron chi connectivity index (χ1n) is 5.50. The Morgan fingerprint density at radius 2 is 1.95 bits per heavy atom. The molecule has 0 atom stereocenters. The van der Waals surface area contributed by atoms with Gasteiger partial charge in [0.2, 0.25) is 0 Å². The minimum Gasteiger partial charge on any atom is -0.495 e. The molecular weight excluding hydrogens is 379 g/mol. The highest BCUT2D eigenvalue weighted by Gasteiger charge is 2.39. The number of halogens is 6. The Morgan fingerprint density at radius 3 is 2.43 bits per heavy atom. The molecule has 3 nitrogen and oxygen atoms in total. The van der Waals surface area contributed by atoms with Crippen LogP contribution in [0.4, 0.5) is 17.6 Å². The molecule has 2 rings (SSSR count). The summed E-state index contributed by atoms with van der Waals surface area (Å²) in [6, 6.07) is 2.16. The van der Waals surface area contributed by atoms with Gasteiger partial charge >= 0.3 is 6.18 Å². The molecule has 0 amide bonds. The maximum Gasteiger partial charge on any atom is 0.434 e. The van der Waals surface area contributed by atoms with Crippen LogP contribution in [0.3, 0.4) is 0 Å². The molecule has 0 radical (unpaired) electrons. The number of alkyl halides is 3. The molecular formula is C12H8BrClF4N2O. The maximum atomic E-state index is 14.0. The Morgan fingerprint density at radius 1 is 1.33 bits per heavy atom. The van der Waals surface area contributed by atoms with Crippen LogP contribution in [-0.2, 0) is 13.2 Å². The average Bonchev–Trinajstić information content (AvgIpc) is 2.64. The van der Waals surface area contributed by atoms with Crippen LogP contribution < -0.4 is 4.74 Å². The summed E-state index contributed by atoms with van der Waals surface area (Å²) >= 11 is 8.59. The Labute approximate surface area is 130 Å². The molecule has 0 spiro atoms. The molecule has 1 heterocycles. The molecule has 114 valence electrons. The van der Waals surface area contributed by atoms with Gasteiger partial charge in [-0.25, -0.2) is 4.39 Å². The summed E-state index contributed by atoms with van der Waals surface area (Å²) in [5.74, 6) is -0.660. The van der Waals surface area contributed by atoms with Crippen LogP contribution in [0.15, 0.2) is 16.6 Å². The minimum absolute atomic E-state index is 0.0156. The Hall–Kier alpha value is -1.28. The standard InChI is InChI=1S/C12H8BrClF4N2O/c1-20-11(12(16,17)18)9(13)10(19-20)5-3-8(21-2)6(14)4-7(5)15/h3-4H,1-2H3. The number of benzene rings is 1. The van der Waals surface area contributed by atoms with E-state index < -0.39 is 17.7 Å². The summed E-state index contributed by atoms with van der Waals surface area (Å²) in [5, 5.41) is 3.74. The lowest BCUT2D eigenvalue weighted by Gasteiger charge is -2.08. The first kappa shape index (κ1) is 16.1. The lowest BCUT2D eigenvalue weighted by atomic mass is 10.1. The van der Waals surface area contributed by atoms with E-state index in [1.807, 2.05) is 0 Å². The van der Waals surface area contributed by atoms with Crippen molar-refractivity contribution in [1.82, 2.24) is 9.78 Å². The van der Waals surface area contributed by atoms with E-state index in [9.17, 15) is 17.6 Å². The minimum atomic E-state index is -4.62. The zero-order valence-corrected chi connectivity index (χ0v) is 13.1. The van der Waals surface area contributed by atoms with Crippen LogP contribution in [0.5, 0.6) is 5.75 Å². The lowest BCUT2D eigenvalue weighted by Crippen LogP contribution is -2.12. The largest absolute Gasteiger partial charge is 0.495 e. The van der Waals surface area contributed by atoms with Gasteiger partial charge < -0.3 is 4.74 Å². The van der Waals surface area contributed by atoms with Gasteiger partial charge in [-0.2, -0.15) is 18.3 Å². The fraction of sp³-hybridized carbons (Fsp3) is 0.250. The monoisotopic (exact) mass is 386 g/mol. The molecule has 0 aliphatic rings. The van der Waals surface area contributed by atoms with Crippen molar-refractivity contribution in [3.8, 4) is 17.0 Å². The molecule has 9 heteroatoms. The van der Waals surface area contributed by atoms with E-state index in [1.54, 1.807) is 0 Å². The van der Waals surface area contributed by atoms with E-state index in [0.717, 1.165) is 13.1 Å². The van der Waals surface area contributed by atoms with Crippen molar-refractivity contribution in [2.75, 3.05) is 7.11 Å². The van der Waals surface area contributed by atoms with Gasteiger partial charge in [0.15, 0.2) is 5.69 Å². The van der Waals surface area contributed by atoms with Crippen molar-refractivity contribution < 1.29 is 22.3 Å². The van der Waals surface area contributed by atoms with Crippen LogP contribution in [-0.4, -0.2) is 16.9 Å². The van der Waals surface area contributed by atoms with Gasteiger partial charge in [-0.15, -0.1) is 0 Å². The molecule has 21 heavy (non-hydrogen) atoms. The first-order valence-corrected chi connectivity index (χ1v) is 6.67. The van der Waals surface area contributed by atoms with Crippen molar-refractivity contribution in [3.05, 3.63) is 33.1 Å². The third kappa shape index (κ3) is 2.87. The summed E-state index contributed by atoms with van der Waals surface area (Å²) in [6.45, 7) is 0. The van der Waals surface area contributed by atoms with E-state index >= 15 is 0 Å². The summed E-state index contributed by atoms with van der Waals surface area (Å²) in [7, 11) is 2.44. The second-order valence-electron chi connectivity index (χ2n) is 4.10. The van der Waals surface area contributed by atoms with Crippen molar-refractivity contribution in [2.24, 2.45) is 7.05 Å². The van der Waals surface area contributed by atoms with Crippen LogP contribution in [0.1, 0.15) is 5.69 Å². The number of methoxy groups -OCH3 is 1. The van der Waals surface area contributed by atoms with Gasteiger partial charge in [0.1, 0.15) is 17.3 Å². The highest BCUT2D eigenvalue weighted by atomic mass is 79.9. The Kier molecular flexibility index (Phi) is 4.21.